The second-order valence-corrected chi connectivity index (χ2v) is 4.88. The molecule has 17 heavy (non-hydrogen) atoms. The molecule has 2 heterocycles. The second-order valence-electron chi connectivity index (χ2n) is 4.88. The Balaban J connectivity index is 1.96. The van der Waals surface area contributed by atoms with Crippen molar-refractivity contribution in [2.45, 2.75) is 19.8 Å². The molecule has 0 unspecified atom stereocenters. The van der Waals surface area contributed by atoms with Crippen LogP contribution >= 0.6 is 0 Å². The molecule has 1 aromatic heterocycles. The Morgan fingerprint density at radius 2 is 1.88 bits per heavy atom. The van der Waals surface area contributed by atoms with E-state index < -0.39 is 0 Å². The smallest absolute Gasteiger partial charge is 0.143 e. The number of rotatable bonds is 3. The zero-order chi connectivity index (χ0) is 12.3. The molecule has 1 fully saturated rings. The van der Waals surface area contributed by atoms with Crippen molar-refractivity contribution in [2.75, 3.05) is 38.7 Å². The zero-order valence-electron chi connectivity index (χ0n) is 10.8. The summed E-state index contributed by atoms with van der Waals surface area (Å²) in [7, 11) is 2.15. The van der Waals surface area contributed by atoms with Crippen molar-refractivity contribution in [2.24, 2.45) is 0 Å². The van der Waals surface area contributed by atoms with Gasteiger partial charge in [-0.05, 0) is 13.0 Å². The predicted octanol–water partition coefficient (Wildman–Crippen LogP) is 1.17. The molecule has 0 aliphatic carbocycles. The Morgan fingerprint density at radius 1 is 1.18 bits per heavy atom. The largest absolute Gasteiger partial charge is 0.304 e. The normalized spacial score (nSPS) is 18.6. The molecular formula is C12H21N5. The maximum absolute atomic E-state index is 4.27. The highest BCUT2D eigenvalue weighted by atomic mass is 15.5. The molecule has 5 heteroatoms. The van der Waals surface area contributed by atoms with Crippen LogP contribution in [0, 0.1) is 0 Å². The number of hydrogen-bond donors (Lipinski definition) is 1. The van der Waals surface area contributed by atoms with Crippen LogP contribution in [0.2, 0.25) is 0 Å². The van der Waals surface area contributed by atoms with Gasteiger partial charge in [0.15, 0.2) is 0 Å². The van der Waals surface area contributed by atoms with Gasteiger partial charge >= 0.3 is 0 Å². The summed E-state index contributed by atoms with van der Waals surface area (Å²) in [6.07, 6.45) is 1.63. The van der Waals surface area contributed by atoms with E-state index in [0.29, 0.717) is 5.92 Å². The molecule has 1 aliphatic heterocycles. The number of hydrogen-bond acceptors (Lipinski definition) is 5. The van der Waals surface area contributed by atoms with E-state index in [1.54, 1.807) is 6.33 Å². The van der Waals surface area contributed by atoms with Gasteiger partial charge in [-0.25, -0.2) is 15.0 Å². The van der Waals surface area contributed by atoms with E-state index in [1.165, 1.54) is 0 Å². The lowest BCUT2D eigenvalue weighted by atomic mass is 10.1. The van der Waals surface area contributed by atoms with Crippen LogP contribution in [0.1, 0.15) is 25.5 Å². The molecule has 0 spiro atoms. The Bertz CT molecular complexity index is 358. The Labute approximate surface area is 103 Å². The van der Waals surface area contributed by atoms with E-state index in [2.05, 4.69) is 46.2 Å². The van der Waals surface area contributed by atoms with Crippen LogP contribution in [-0.4, -0.2) is 53.1 Å². The number of anilines is 1. The summed E-state index contributed by atoms with van der Waals surface area (Å²) in [5.74, 6) is 1.33. The number of likely N-dealkylation sites (N-methyl/N-ethyl adjacent to an activating group) is 1. The molecule has 1 aliphatic rings. The first-order chi connectivity index (χ1) is 8.15. The van der Waals surface area contributed by atoms with Crippen LogP contribution in [0.15, 0.2) is 12.4 Å². The molecule has 0 aromatic carbocycles. The topological polar surface area (TPSA) is 44.3 Å². The average molecular weight is 235 g/mol. The number of aromatic nitrogens is 2. The molecular weight excluding hydrogens is 214 g/mol. The van der Waals surface area contributed by atoms with Crippen LogP contribution in [0.5, 0.6) is 0 Å². The lowest BCUT2D eigenvalue weighted by molar-refractivity contribution is 0.178. The van der Waals surface area contributed by atoms with Crippen LogP contribution < -0.4 is 5.43 Å². The van der Waals surface area contributed by atoms with Gasteiger partial charge < -0.3 is 10.3 Å². The van der Waals surface area contributed by atoms with Crippen molar-refractivity contribution in [1.82, 2.24) is 19.9 Å². The van der Waals surface area contributed by atoms with E-state index in [1.807, 2.05) is 6.07 Å². The van der Waals surface area contributed by atoms with Gasteiger partial charge in [-0.3, -0.25) is 0 Å². The average Bonchev–Trinajstić information content (AvgIpc) is 2.32. The van der Waals surface area contributed by atoms with Gasteiger partial charge in [0.1, 0.15) is 12.1 Å². The van der Waals surface area contributed by atoms with Gasteiger partial charge in [-0.2, -0.15) is 0 Å². The molecule has 1 N–H and O–H groups in total. The van der Waals surface area contributed by atoms with Crippen LogP contribution in [-0.2, 0) is 0 Å². The van der Waals surface area contributed by atoms with E-state index in [-0.39, 0.29) is 0 Å². The van der Waals surface area contributed by atoms with E-state index in [9.17, 15) is 0 Å². The second kappa shape index (κ2) is 5.42. The van der Waals surface area contributed by atoms with Gasteiger partial charge in [0.2, 0.25) is 0 Å². The highest BCUT2D eigenvalue weighted by Crippen LogP contribution is 2.14. The zero-order valence-corrected chi connectivity index (χ0v) is 10.8. The maximum Gasteiger partial charge on any atom is 0.143 e. The monoisotopic (exact) mass is 235 g/mol. The van der Waals surface area contributed by atoms with Gasteiger partial charge in [-0.15, -0.1) is 0 Å². The highest BCUT2D eigenvalue weighted by molar-refractivity contribution is 5.34. The third kappa shape index (κ3) is 3.38. The van der Waals surface area contributed by atoms with Crippen molar-refractivity contribution in [1.29, 1.82) is 0 Å². The summed E-state index contributed by atoms with van der Waals surface area (Å²) in [4.78, 5) is 10.9. The minimum absolute atomic E-state index is 0.436. The van der Waals surface area contributed by atoms with Crippen LogP contribution in [0.4, 0.5) is 5.82 Å². The Hall–Kier alpha value is -1.20. The van der Waals surface area contributed by atoms with E-state index in [0.717, 1.165) is 37.7 Å². The molecule has 0 bridgehead atoms. The molecule has 0 saturated carbocycles. The summed E-state index contributed by atoms with van der Waals surface area (Å²) in [6, 6.07) is 2.03. The lowest BCUT2D eigenvalue weighted by Crippen LogP contribution is -2.47. The highest BCUT2D eigenvalue weighted by Gasteiger charge is 2.14. The van der Waals surface area contributed by atoms with Crippen molar-refractivity contribution < 1.29 is 0 Å². The molecule has 5 nitrogen and oxygen atoms in total. The molecule has 0 amide bonds. The maximum atomic E-state index is 4.27. The quantitative estimate of drug-likeness (QED) is 0.852. The standard InChI is InChI=1S/C12H21N5/c1-10(2)11-8-12(14-9-13-11)15-17-6-4-16(3)5-7-17/h8-10H,4-7H2,1-3H3,(H,13,14,15). The molecule has 1 aromatic rings. The fourth-order valence-electron chi connectivity index (χ4n) is 1.83. The minimum atomic E-state index is 0.436. The Morgan fingerprint density at radius 3 is 2.53 bits per heavy atom. The predicted molar refractivity (Wildman–Crippen MR) is 68.8 cm³/mol. The summed E-state index contributed by atoms with van der Waals surface area (Å²) in [5, 5.41) is 2.21. The van der Waals surface area contributed by atoms with Crippen molar-refractivity contribution in [3.05, 3.63) is 18.1 Å². The third-order valence-electron chi connectivity index (χ3n) is 3.06. The SMILES string of the molecule is CC(C)c1cc(NN2CCN(C)CC2)ncn1. The van der Waals surface area contributed by atoms with Crippen LogP contribution in [0.3, 0.4) is 0 Å². The van der Waals surface area contributed by atoms with Crippen molar-refractivity contribution >= 4 is 5.82 Å². The summed E-state index contributed by atoms with van der Waals surface area (Å²) in [5.41, 5.74) is 4.43. The lowest BCUT2D eigenvalue weighted by Gasteiger charge is -2.32. The Kier molecular flexibility index (Phi) is 3.91. The fraction of sp³-hybridized carbons (Fsp3) is 0.667. The van der Waals surface area contributed by atoms with Gasteiger partial charge in [-0.1, -0.05) is 13.8 Å². The van der Waals surface area contributed by atoms with Crippen LogP contribution in [0.25, 0.3) is 0 Å². The fourth-order valence-corrected chi connectivity index (χ4v) is 1.83. The molecule has 1 saturated heterocycles. The molecule has 0 atom stereocenters. The number of nitrogens with one attached hydrogen (secondary N) is 1. The van der Waals surface area contributed by atoms with Gasteiger partial charge in [0, 0.05) is 37.9 Å². The van der Waals surface area contributed by atoms with Gasteiger partial charge in [0.05, 0.1) is 0 Å². The first-order valence-electron chi connectivity index (χ1n) is 6.17. The summed E-state index contributed by atoms with van der Waals surface area (Å²) in [6.45, 7) is 8.52. The number of nitrogens with zero attached hydrogens (tertiary/aromatic N) is 4. The van der Waals surface area contributed by atoms with E-state index >= 15 is 0 Å². The van der Waals surface area contributed by atoms with Crippen molar-refractivity contribution in [3.63, 3.8) is 0 Å². The first kappa shape index (κ1) is 12.3. The number of hydrazine groups is 1. The van der Waals surface area contributed by atoms with E-state index in [4.69, 9.17) is 0 Å². The summed E-state index contributed by atoms with van der Waals surface area (Å²) >= 11 is 0. The molecule has 0 radical (unpaired) electrons. The minimum Gasteiger partial charge on any atom is -0.304 e. The molecule has 2 rings (SSSR count). The first-order valence-corrected chi connectivity index (χ1v) is 6.17. The van der Waals surface area contributed by atoms with Gasteiger partial charge in [0.25, 0.3) is 0 Å². The summed E-state index contributed by atoms with van der Waals surface area (Å²) < 4.78 is 0. The third-order valence-corrected chi connectivity index (χ3v) is 3.06. The molecule has 94 valence electrons. The number of piperazine rings is 1. The van der Waals surface area contributed by atoms with Crippen molar-refractivity contribution in [3.8, 4) is 0 Å².